The normalized spacial score (nSPS) is 10.8. The van der Waals surface area contributed by atoms with Crippen LogP contribution in [0.5, 0.6) is 0 Å². The lowest BCUT2D eigenvalue weighted by Crippen LogP contribution is -2.23. The van der Waals surface area contributed by atoms with E-state index in [4.69, 9.17) is 5.11 Å². The van der Waals surface area contributed by atoms with Crippen molar-refractivity contribution >= 4 is 17.7 Å². The number of carbonyl (C=O) groups is 1. The molecule has 0 spiro atoms. The number of rotatable bonds is 4. The Kier molecular flexibility index (Phi) is 4.24. The molecule has 6 heteroatoms. The van der Waals surface area contributed by atoms with Crippen LogP contribution in [0.25, 0.3) is 0 Å². The fourth-order valence-corrected chi connectivity index (χ4v) is 2.65. The third kappa shape index (κ3) is 2.91. The average Bonchev–Trinajstić information content (AvgIpc) is 2.41. The van der Waals surface area contributed by atoms with Crippen LogP contribution in [0.2, 0.25) is 0 Å². The van der Waals surface area contributed by atoms with Gasteiger partial charge >= 0.3 is 5.97 Å². The molecule has 0 radical (unpaired) electrons. The topological polar surface area (TPSA) is 72.2 Å². The molecule has 0 saturated carbocycles. The lowest BCUT2D eigenvalue weighted by atomic mass is 10.2. The van der Waals surface area contributed by atoms with Crippen molar-refractivity contribution in [2.45, 2.75) is 29.8 Å². The second kappa shape index (κ2) is 5.92. The fourth-order valence-electron chi connectivity index (χ4n) is 1.72. The minimum absolute atomic E-state index is 0.0274. The molecule has 2 aromatic rings. The summed E-state index contributed by atoms with van der Waals surface area (Å²) in [5, 5.41) is 9.41. The molecule has 0 unspecified atom stereocenters. The monoisotopic (exact) mass is 290 g/mol. The predicted molar refractivity (Wildman–Crippen MR) is 76.4 cm³/mol. The standard InChI is InChI=1S/C14H14N2O3S/c1-9(2)16-8-7-15-12(13(16)17)20-11-6-4-3-5-10(11)14(18)19/h3-9H,1-2H3,(H,18,19). The van der Waals surface area contributed by atoms with Crippen molar-refractivity contribution in [3.63, 3.8) is 0 Å². The van der Waals surface area contributed by atoms with Gasteiger partial charge in [-0.3, -0.25) is 4.79 Å². The Hall–Kier alpha value is -2.08. The number of carboxylic acid groups (broad SMARTS) is 1. The van der Waals surface area contributed by atoms with Crippen molar-refractivity contribution < 1.29 is 9.90 Å². The van der Waals surface area contributed by atoms with E-state index in [9.17, 15) is 9.59 Å². The molecule has 2 rings (SSSR count). The maximum Gasteiger partial charge on any atom is 0.336 e. The summed E-state index contributed by atoms with van der Waals surface area (Å²) in [6, 6.07) is 6.59. The number of benzene rings is 1. The van der Waals surface area contributed by atoms with Gasteiger partial charge in [0.25, 0.3) is 5.56 Å². The molecule has 20 heavy (non-hydrogen) atoms. The van der Waals surface area contributed by atoms with Crippen molar-refractivity contribution in [1.29, 1.82) is 0 Å². The Balaban J connectivity index is 2.44. The van der Waals surface area contributed by atoms with Crippen molar-refractivity contribution in [3.05, 3.63) is 52.6 Å². The van der Waals surface area contributed by atoms with E-state index in [-0.39, 0.29) is 22.2 Å². The molecule has 5 nitrogen and oxygen atoms in total. The van der Waals surface area contributed by atoms with Gasteiger partial charge in [-0.05, 0) is 26.0 Å². The van der Waals surface area contributed by atoms with Gasteiger partial charge < -0.3 is 9.67 Å². The molecule has 0 aliphatic rings. The molecule has 1 heterocycles. The number of carboxylic acids is 1. The average molecular weight is 290 g/mol. The Labute approximate surface area is 120 Å². The summed E-state index contributed by atoms with van der Waals surface area (Å²) >= 11 is 1.08. The van der Waals surface area contributed by atoms with Crippen molar-refractivity contribution in [3.8, 4) is 0 Å². The molecule has 0 fully saturated rings. The van der Waals surface area contributed by atoms with Crippen LogP contribution in [0.1, 0.15) is 30.2 Å². The van der Waals surface area contributed by atoms with Crippen LogP contribution in [-0.4, -0.2) is 20.6 Å². The summed E-state index contributed by atoms with van der Waals surface area (Å²) in [5.74, 6) is -1.02. The van der Waals surface area contributed by atoms with Crippen molar-refractivity contribution in [2.75, 3.05) is 0 Å². The largest absolute Gasteiger partial charge is 0.478 e. The summed E-state index contributed by atoms with van der Waals surface area (Å²) in [7, 11) is 0. The van der Waals surface area contributed by atoms with Gasteiger partial charge in [-0.25, -0.2) is 9.78 Å². The van der Waals surface area contributed by atoms with Gasteiger partial charge in [-0.2, -0.15) is 0 Å². The van der Waals surface area contributed by atoms with Crippen LogP contribution in [0, 0.1) is 0 Å². The lowest BCUT2D eigenvalue weighted by molar-refractivity contribution is 0.0693. The highest BCUT2D eigenvalue weighted by molar-refractivity contribution is 7.99. The predicted octanol–water partition coefficient (Wildman–Crippen LogP) is 2.67. The molecule has 0 aliphatic carbocycles. The summed E-state index contributed by atoms with van der Waals surface area (Å²) < 4.78 is 1.57. The number of aromatic nitrogens is 2. The van der Waals surface area contributed by atoms with E-state index in [2.05, 4.69) is 4.98 Å². The highest BCUT2D eigenvalue weighted by Crippen LogP contribution is 2.27. The molecule has 0 aliphatic heterocycles. The minimum atomic E-state index is -1.02. The molecule has 1 aromatic carbocycles. The van der Waals surface area contributed by atoms with Gasteiger partial charge in [-0.15, -0.1) is 0 Å². The number of aromatic carboxylic acids is 1. The van der Waals surface area contributed by atoms with Crippen LogP contribution in [0.4, 0.5) is 0 Å². The van der Waals surface area contributed by atoms with E-state index in [0.29, 0.717) is 4.90 Å². The molecule has 1 N–H and O–H groups in total. The van der Waals surface area contributed by atoms with Gasteiger partial charge in [0.05, 0.1) is 5.56 Å². The van der Waals surface area contributed by atoms with E-state index >= 15 is 0 Å². The molecule has 0 bridgehead atoms. The first kappa shape index (κ1) is 14.3. The maximum atomic E-state index is 12.2. The highest BCUT2D eigenvalue weighted by atomic mass is 32.2. The number of nitrogens with zero attached hydrogens (tertiary/aromatic N) is 2. The van der Waals surface area contributed by atoms with Crippen LogP contribution in [-0.2, 0) is 0 Å². The van der Waals surface area contributed by atoms with Gasteiger partial charge in [-0.1, -0.05) is 23.9 Å². The van der Waals surface area contributed by atoms with Crippen molar-refractivity contribution in [1.82, 2.24) is 9.55 Å². The Morgan fingerprint density at radius 3 is 2.70 bits per heavy atom. The van der Waals surface area contributed by atoms with Crippen LogP contribution in [0.3, 0.4) is 0 Å². The Morgan fingerprint density at radius 2 is 2.05 bits per heavy atom. The van der Waals surface area contributed by atoms with Gasteiger partial charge in [0, 0.05) is 23.3 Å². The Bertz CT molecular complexity index is 695. The van der Waals surface area contributed by atoms with Crippen LogP contribution >= 0.6 is 11.8 Å². The van der Waals surface area contributed by atoms with E-state index in [0.717, 1.165) is 11.8 Å². The SMILES string of the molecule is CC(C)n1ccnc(Sc2ccccc2C(=O)O)c1=O. The molecular weight excluding hydrogens is 276 g/mol. The third-order valence-electron chi connectivity index (χ3n) is 2.72. The lowest BCUT2D eigenvalue weighted by Gasteiger charge is -2.10. The maximum absolute atomic E-state index is 12.2. The molecule has 0 saturated heterocycles. The summed E-state index contributed by atoms with van der Waals surface area (Å²) in [4.78, 5) is 27.9. The van der Waals surface area contributed by atoms with Crippen molar-refractivity contribution in [2.24, 2.45) is 0 Å². The van der Waals surface area contributed by atoms with Gasteiger partial charge in [0.1, 0.15) is 0 Å². The number of hydrogen-bond donors (Lipinski definition) is 1. The van der Waals surface area contributed by atoms with E-state index in [1.807, 2.05) is 13.8 Å². The highest BCUT2D eigenvalue weighted by Gasteiger charge is 2.14. The van der Waals surface area contributed by atoms with Crippen LogP contribution in [0.15, 0.2) is 51.4 Å². The molecular formula is C14H14N2O3S. The van der Waals surface area contributed by atoms with E-state index < -0.39 is 5.97 Å². The second-order valence-electron chi connectivity index (χ2n) is 4.44. The smallest absolute Gasteiger partial charge is 0.336 e. The molecule has 104 valence electrons. The molecule has 1 aromatic heterocycles. The molecule has 0 atom stereocenters. The summed E-state index contributed by atoms with van der Waals surface area (Å²) in [6.45, 7) is 3.81. The van der Waals surface area contributed by atoms with Gasteiger partial charge in [0.2, 0.25) is 0 Å². The first-order valence-corrected chi connectivity index (χ1v) is 6.89. The zero-order valence-corrected chi connectivity index (χ0v) is 11.9. The summed E-state index contributed by atoms with van der Waals surface area (Å²) in [6.07, 6.45) is 3.17. The van der Waals surface area contributed by atoms with Crippen LogP contribution < -0.4 is 5.56 Å². The number of hydrogen-bond acceptors (Lipinski definition) is 4. The quantitative estimate of drug-likeness (QED) is 0.937. The van der Waals surface area contributed by atoms with E-state index in [1.165, 1.54) is 6.07 Å². The third-order valence-corrected chi connectivity index (χ3v) is 3.77. The minimum Gasteiger partial charge on any atom is -0.478 e. The fraction of sp³-hybridized carbons (Fsp3) is 0.214. The van der Waals surface area contributed by atoms with Gasteiger partial charge in [0.15, 0.2) is 5.03 Å². The Morgan fingerprint density at radius 1 is 1.35 bits per heavy atom. The zero-order valence-electron chi connectivity index (χ0n) is 11.1. The summed E-state index contributed by atoms with van der Waals surface area (Å²) in [5.41, 5.74) is -0.0497. The zero-order chi connectivity index (χ0) is 14.7. The first-order valence-electron chi connectivity index (χ1n) is 6.08. The van der Waals surface area contributed by atoms with E-state index in [1.54, 1.807) is 35.2 Å². The first-order chi connectivity index (χ1) is 9.50. The second-order valence-corrected chi connectivity index (χ2v) is 5.47. The molecule has 0 amide bonds.